The van der Waals surface area contributed by atoms with Crippen LogP contribution in [0.15, 0.2) is 22.7 Å². The van der Waals surface area contributed by atoms with E-state index in [9.17, 15) is 9.18 Å². The van der Waals surface area contributed by atoms with Crippen LogP contribution in [0.5, 0.6) is 0 Å². The largest absolute Gasteiger partial charge is 0.361 e. The number of halogens is 1. The van der Waals surface area contributed by atoms with Gasteiger partial charge in [-0.05, 0) is 56.9 Å². The van der Waals surface area contributed by atoms with Crippen LogP contribution >= 0.6 is 0 Å². The van der Waals surface area contributed by atoms with Gasteiger partial charge in [0, 0.05) is 5.56 Å². The van der Waals surface area contributed by atoms with Gasteiger partial charge < -0.3 is 15.2 Å². The highest BCUT2D eigenvalue weighted by Gasteiger charge is 2.25. The number of fused-ring (bicyclic) bond motifs is 1. The van der Waals surface area contributed by atoms with Crippen molar-refractivity contribution in [2.24, 2.45) is 0 Å². The van der Waals surface area contributed by atoms with Crippen molar-refractivity contribution in [3.05, 3.63) is 52.2 Å². The third-order valence-electron chi connectivity index (χ3n) is 4.36. The number of nitrogens with one attached hydrogen (secondary N) is 2. The summed E-state index contributed by atoms with van der Waals surface area (Å²) in [5, 5.41) is 9.72. The van der Waals surface area contributed by atoms with Gasteiger partial charge in [0.1, 0.15) is 11.6 Å². The number of hydrogen-bond donors (Lipinski definition) is 2. The number of rotatable bonds is 3. The first-order valence-electron chi connectivity index (χ1n) is 7.74. The highest BCUT2D eigenvalue weighted by atomic mass is 19.1. The number of nitrogens with zero attached hydrogens (tertiary/aromatic N) is 1. The van der Waals surface area contributed by atoms with Gasteiger partial charge in [-0.2, -0.15) is 0 Å². The standard InChI is InChI=1S/C17H20FN3O2/c1-9(16-10(2)21-23-11(16)3)19-17(22)20-15-7-5-12-4-6-13(18)8-14(12)15/h4,6,8-9,15H,5,7H2,1-3H3,(H2,19,20,22)/t9-,15+/m0/s1. The molecule has 1 aliphatic carbocycles. The first-order chi connectivity index (χ1) is 11.0. The molecule has 1 aromatic carbocycles. The lowest BCUT2D eigenvalue weighted by Gasteiger charge is -2.18. The van der Waals surface area contributed by atoms with E-state index in [0.29, 0.717) is 5.76 Å². The Labute approximate surface area is 134 Å². The van der Waals surface area contributed by atoms with Gasteiger partial charge in [-0.1, -0.05) is 11.2 Å². The van der Waals surface area contributed by atoms with E-state index in [1.807, 2.05) is 20.8 Å². The fourth-order valence-corrected chi connectivity index (χ4v) is 3.30. The van der Waals surface area contributed by atoms with Gasteiger partial charge in [-0.25, -0.2) is 9.18 Å². The molecule has 2 aromatic rings. The average Bonchev–Trinajstić information content (AvgIpc) is 3.02. The number of aryl methyl sites for hydroxylation is 3. The van der Waals surface area contributed by atoms with Crippen molar-refractivity contribution in [1.29, 1.82) is 0 Å². The molecule has 0 saturated carbocycles. The minimum atomic E-state index is -0.278. The van der Waals surface area contributed by atoms with E-state index >= 15 is 0 Å². The van der Waals surface area contributed by atoms with Crippen LogP contribution in [0.3, 0.4) is 0 Å². The Morgan fingerprint density at radius 3 is 2.91 bits per heavy atom. The molecule has 2 atom stereocenters. The van der Waals surface area contributed by atoms with E-state index in [1.165, 1.54) is 12.1 Å². The predicted octanol–water partition coefficient (Wildman–Crippen LogP) is 3.48. The number of hydrogen-bond acceptors (Lipinski definition) is 3. The molecule has 1 heterocycles. The second-order valence-electron chi connectivity index (χ2n) is 6.01. The monoisotopic (exact) mass is 317 g/mol. The van der Waals surface area contributed by atoms with E-state index in [4.69, 9.17) is 4.52 Å². The normalized spacial score (nSPS) is 17.7. The van der Waals surface area contributed by atoms with Gasteiger partial charge in [0.05, 0.1) is 17.8 Å². The van der Waals surface area contributed by atoms with E-state index in [2.05, 4.69) is 15.8 Å². The molecule has 0 spiro atoms. The second kappa shape index (κ2) is 6.02. The molecular formula is C17H20FN3O2. The topological polar surface area (TPSA) is 67.2 Å². The molecule has 1 aromatic heterocycles. The molecule has 0 unspecified atom stereocenters. The minimum Gasteiger partial charge on any atom is -0.361 e. The highest BCUT2D eigenvalue weighted by molar-refractivity contribution is 5.75. The molecule has 0 bridgehead atoms. The minimum absolute atomic E-state index is 0.155. The first-order valence-corrected chi connectivity index (χ1v) is 7.74. The van der Waals surface area contributed by atoms with Crippen molar-refractivity contribution in [2.75, 3.05) is 0 Å². The van der Waals surface area contributed by atoms with Crippen LogP contribution in [0.25, 0.3) is 0 Å². The molecule has 2 amide bonds. The number of urea groups is 1. The lowest BCUT2D eigenvalue weighted by Crippen LogP contribution is -2.38. The van der Waals surface area contributed by atoms with Gasteiger partial charge in [-0.3, -0.25) is 0 Å². The van der Waals surface area contributed by atoms with Gasteiger partial charge in [0.2, 0.25) is 0 Å². The van der Waals surface area contributed by atoms with Crippen molar-refractivity contribution < 1.29 is 13.7 Å². The predicted molar refractivity (Wildman–Crippen MR) is 83.5 cm³/mol. The number of carbonyl (C=O) groups excluding carboxylic acids is 1. The maximum atomic E-state index is 13.4. The molecule has 0 fully saturated rings. The summed E-state index contributed by atoms with van der Waals surface area (Å²) in [6.45, 7) is 5.55. The van der Waals surface area contributed by atoms with Crippen LogP contribution in [0.4, 0.5) is 9.18 Å². The van der Waals surface area contributed by atoms with Crippen LogP contribution in [0, 0.1) is 19.7 Å². The van der Waals surface area contributed by atoms with Gasteiger partial charge in [0.15, 0.2) is 0 Å². The van der Waals surface area contributed by atoms with E-state index < -0.39 is 0 Å². The molecule has 122 valence electrons. The third kappa shape index (κ3) is 3.06. The highest BCUT2D eigenvalue weighted by Crippen LogP contribution is 2.31. The fraction of sp³-hybridized carbons (Fsp3) is 0.412. The molecule has 1 aliphatic rings. The molecule has 5 nitrogen and oxygen atoms in total. The average molecular weight is 317 g/mol. The number of aromatic nitrogens is 1. The number of benzene rings is 1. The van der Waals surface area contributed by atoms with Crippen molar-refractivity contribution in [3.63, 3.8) is 0 Å². The smallest absolute Gasteiger partial charge is 0.315 e. The molecule has 2 N–H and O–H groups in total. The van der Waals surface area contributed by atoms with Gasteiger partial charge in [0.25, 0.3) is 0 Å². The molecule has 3 rings (SSSR count). The molecule has 0 radical (unpaired) electrons. The fourth-order valence-electron chi connectivity index (χ4n) is 3.30. The number of amides is 2. The lowest BCUT2D eigenvalue weighted by molar-refractivity contribution is 0.234. The molecule has 0 saturated heterocycles. The summed E-state index contributed by atoms with van der Waals surface area (Å²) in [6.07, 6.45) is 1.63. The molecule has 23 heavy (non-hydrogen) atoms. The Kier molecular flexibility index (Phi) is 4.07. The Balaban J connectivity index is 1.66. The van der Waals surface area contributed by atoms with Crippen LogP contribution in [0.2, 0.25) is 0 Å². The first kappa shape index (κ1) is 15.5. The Hall–Kier alpha value is -2.37. The van der Waals surface area contributed by atoms with E-state index in [0.717, 1.165) is 35.2 Å². The maximum absolute atomic E-state index is 13.4. The van der Waals surface area contributed by atoms with Crippen LogP contribution in [-0.2, 0) is 6.42 Å². The summed E-state index contributed by atoms with van der Waals surface area (Å²) in [4.78, 5) is 12.3. The third-order valence-corrected chi connectivity index (χ3v) is 4.36. The summed E-state index contributed by atoms with van der Waals surface area (Å²) >= 11 is 0. The van der Waals surface area contributed by atoms with Crippen molar-refractivity contribution in [2.45, 2.75) is 45.7 Å². The van der Waals surface area contributed by atoms with Crippen LogP contribution < -0.4 is 10.6 Å². The van der Waals surface area contributed by atoms with Crippen molar-refractivity contribution in [3.8, 4) is 0 Å². The van der Waals surface area contributed by atoms with Crippen molar-refractivity contribution >= 4 is 6.03 Å². The van der Waals surface area contributed by atoms with Gasteiger partial charge in [-0.15, -0.1) is 0 Å². The van der Waals surface area contributed by atoms with Crippen LogP contribution in [-0.4, -0.2) is 11.2 Å². The Morgan fingerprint density at radius 1 is 1.43 bits per heavy atom. The summed E-state index contributed by atoms with van der Waals surface area (Å²) in [7, 11) is 0. The quantitative estimate of drug-likeness (QED) is 0.911. The van der Waals surface area contributed by atoms with Crippen molar-refractivity contribution in [1.82, 2.24) is 15.8 Å². The second-order valence-corrected chi connectivity index (χ2v) is 6.01. The Bertz CT molecular complexity index is 722. The summed E-state index contributed by atoms with van der Waals surface area (Å²) in [6, 6.07) is 4.11. The summed E-state index contributed by atoms with van der Waals surface area (Å²) < 4.78 is 18.5. The SMILES string of the molecule is Cc1noc(C)c1[C@H](C)NC(=O)N[C@@H]1CCc2ccc(F)cc21. The lowest BCUT2D eigenvalue weighted by atomic mass is 10.1. The summed E-state index contributed by atoms with van der Waals surface area (Å²) in [5.74, 6) is 0.422. The van der Waals surface area contributed by atoms with E-state index in [1.54, 1.807) is 6.07 Å². The molecule has 0 aliphatic heterocycles. The summed E-state index contributed by atoms with van der Waals surface area (Å²) in [5.41, 5.74) is 3.61. The van der Waals surface area contributed by atoms with E-state index in [-0.39, 0.29) is 23.9 Å². The Morgan fingerprint density at radius 2 is 2.22 bits per heavy atom. The zero-order valence-corrected chi connectivity index (χ0v) is 13.4. The zero-order chi connectivity index (χ0) is 16.6. The molecule has 6 heteroatoms. The molecular weight excluding hydrogens is 297 g/mol. The zero-order valence-electron chi connectivity index (χ0n) is 13.4. The van der Waals surface area contributed by atoms with Crippen LogP contribution in [0.1, 0.15) is 53.6 Å². The van der Waals surface area contributed by atoms with Gasteiger partial charge >= 0.3 is 6.03 Å². The maximum Gasteiger partial charge on any atom is 0.315 e. The number of carbonyl (C=O) groups is 1.